The van der Waals surface area contributed by atoms with Crippen molar-refractivity contribution >= 4 is 27.2 Å². The van der Waals surface area contributed by atoms with Gasteiger partial charge in [0.15, 0.2) is 11.6 Å². The van der Waals surface area contributed by atoms with E-state index in [2.05, 4.69) is 20.9 Å². The fraction of sp³-hybridized carbons (Fsp3) is 0.111. The third kappa shape index (κ3) is 1.27. The number of hydrogen-bond acceptors (Lipinski definition) is 2. The quantitative estimate of drug-likeness (QED) is 0.565. The molecule has 0 spiro atoms. The minimum Gasteiger partial charge on any atom is -0.291 e. The molecule has 0 fully saturated rings. The van der Waals surface area contributed by atoms with Crippen molar-refractivity contribution in [3.05, 3.63) is 34.8 Å². The first-order valence-electron chi connectivity index (χ1n) is 3.83. The minimum atomic E-state index is -0.0353. The number of fused-ring (bicyclic) bond motifs is 1. The highest BCUT2D eigenvalue weighted by molar-refractivity contribution is 9.10. The van der Waals surface area contributed by atoms with Crippen LogP contribution in [-0.4, -0.2) is 15.2 Å². The average Bonchev–Trinajstić information content (AvgIpc) is 2.49. The van der Waals surface area contributed by atoms with E-state index in [4.69, 9.17) is 0 Å². The number of carbonyl (C=O) groups is 1. The molecule has 3 nitrogen and oxygen atoms in total. The van der Waals surface area contributed by atoms with Crippen LogP contribution in [0.25, 0.3) is 5.52 Å². The number of ketones is 1. The summed E-state index contributed by atoms with van der Waals surface area (Å²) in [6.07, 6.45) is 1.68. The predicted molar refractivity (Wildman–Crippen MR) is 52.9 cm³/mol. The van der Waals surface area contributed by atoms with Crippen molar-refractivity contribution in [3.63, 3.8) is 0 Å². The van der Waals surface area contributed by atoms with Crippen LogP contribution in [0.4, 0.5) is 0 Å². The molecule has 2 aromatic rings. The van der Waals surface area contributed by atoms with Gasteiger partial charge in [-0.15, -0.1) is 0 Å². The Morgan fingerprint density at radius 1 is 1.54 bits per heavy atom. The van der Waals surface area contributed by atoms with Gasteiger partial charge in [-0.2, -0.15) is 0 Å². The van der Waals surface area contributed by atoms with E-state index >= 15 is 0 Å². The summed E-state index contributed by atoms with van der Waals surface area (Å²) in [5, 5.41) is 0. The lowest BCUT2D eigenvalue weighted by molar-refractivity contribution is 0.100. The van der Waals surface area contributed by atoms with Gasteiger partial charge >= 0.3 is 0 Å². The largest absolute Gasteiger partial charge is 0.291 e. The summed E-state index contributed by atoms with van der Waals surface area (Å²) in [5.74, 6) is 0.425. The maximum Gasteiger partial charge on any atom is 0.195 e. The third-order valence-corrected chi connectivity index (χ3v) is 2.44. The van der Waals surface area contributed by atoms with Crippen molar-refractivity contribution in [1.82, 2.24) is 9.38 Å². The number of halogens is 1. The summed E-state index contributed by atoms with van der Waals surface area (Å²) in [6.45, 7) is 1.51. The van der Waals surface area contributed by atoms with Gasteiger partial charge in [-0.05, 0) is 28.1 Å². The van der Waals surface area contributed by atoms with Crippen molar-refractivity contribution in [2.75, 3.05) is 0 Å². The lowest BCUT2D eigenvalue weighted by atomic mass is 10.4. The zero-order valence-electron chi connectivity index (χ0n) is 6.99. The second-order valence-electron chi connectivity index (χ2n) is 2.75. The number of hydrogen-bond donors (Lipinski definition) is 0. The smallest absolute Gasteiger partial charge is 0.195 e. The summed E-state index contributed by atoms with van der Waals surface area (Å²) in [6, 6.07) is 5.69. The summed E-state index contributed by atoms with van der Waals surface area (Å²) >= 11 is 3.37. The predicted octanol–water partition coefficient (Wildman–Crippen LogP) is 2.30. The molecule has 2 aromatic heterocycles. The molecule has 0 radical (unpaired) electrons. The van der Waals surface area contributed by atoms with Crippen molar-refractivity contribution in [1.29, 1.82) is 0 Å². The molecule has 66 valence electrons. The van der Waals surface area contributed by atoms with Gasteiger partial charge in [-0.3, -0.25) is 9.20 Å². The molecule has 13 heavy (non-hydrogen) atoms. The first-order chi connectivity index (χ1) is 6.20. The van der Waals surface area contributed by atoms with Crippen LogP contribution >= 0.6 is 15.9 Å². The van der Waals surface area contributed by atoms with Crippen LogP contribution in [0.3, 0.4) is 0 Å². The Morgan fingerprint density at radius 2 is 2.31 bits per heavy atom. The summed E-state index contributed by atoms with van der Waals surface area (Å²) in [7, 11) is 0. The molecule has 0 aromatic carbocycles. The highest BCUT2D eigenvalue weighted by Gasteiger charge is 2.09. The molecule has 0 bridgehead atoms. The van der Waals surface area contributed by atoms with Gasteiger partial charge in [-0.25, -0.2) is 4.98 Å². The molecule has 2 rings (SSSR count). The van der Waals surface area contributed by atoms with Crippen molar-refractivity contribution in [3.8, 4) is 0 Å². The third-order valence-electron chi connectivity index (χ3n) is 1.82. The summed E-state index contributed by atoms with van der Waals surface area (Å²) < 4.78 is 2.62. The fourth-order valence-electron chi connectivity index (χ4n) is 1.26. The van der Waals surface area contributed by atoms with Gasteiger partial charge in [0.2, 0.25) is 0 Å². The minimum absolute atomic E-state index is 0.0353. The number of pyridine rings is 1. The average molecular weight is 239 g/mol. The summed E-state index contributed by atoms with van der Waals surface area (Å²) in [5.41, 5.74) is 0.916. The first-order valence-corrected chi connectivity index (χ1v) is 4.62. The summed E-state index contributed by atoms with van der Waals surface area (Å²) in [4.78, 5) is 15.2. The van der Waals surface area contributed by atoms with Gasteiger partial charge in [-0.1, -0.05) is 6.07 Å². The highest BCUT2D eigenvalue weighted by atomic mass is 79.9. The maximum absolute atomic E-state index is 11.2. The van der Waals surface area contributed by atoms with Gasteiger partial charge in [0, 0.05) is 6.92 Å². The molecular formula is C9H7BrN2O. The maximum atomic E-state index is 11.2. The van der Waals surface area contributed by atoms with Crippen LogP contribution in [0.2, 0.25) is 0 Å². The Morgan fingerprint density at radius 3 is 3.00 bits per heavy atom. The number of Topliss-reactive ketones (excluding diaryl/α,β-unsaturated/α-hetero) is 1. The fourth-order valence-corrected chi connectivity index (χ4v) is 1.78. The lowest BCUT2D eigenvalue weighted by Crippen LogP contribution is -2.01. The second-order valence-corrected chi connectivity index (χ2v) is 3.56. The molecule has 0 unspecified atom stereocenters. The van der Waals surface area contributed by atoms with E-state index < -0.39 is 0 Å². The molecule has 2 heterocycles. The first kappa shape index (κ1) is 8.44. The zero-order chi connectivity index (χ0) is 9.42. The van der Waals surface area contributed by atoms with Crippen molar-refractivity contribution < 1.29 is 4.79 Å². The van der Waals surface area contributed by atoms with E-state index in [1.807, 2.05) is 18.2 Å². The van der Waals surface area contributed by atoms with E-state index in [1.165, 1.54) is 6.92 Å². The SMILES string of the molecule is CC(=O)c1ncc2cccc(Br)n12. The van der Waals surface area contributed by atoms with E-state index in [1.54, 1.807) is 10.6 Å². The van der Waals surface area contributed by atoms with Gasteiger partial charge in [0.25, 0.3) is 0 Å². The van der Waals surface area contributed by atoms with Crippen LogP contribution in [0, 0.1) is 0 Å². The van der Waals surface area contributed by atoms with Gasteiger partial charge in [0.1, 0.15) is 0 Å². The van der Waals surface area contributed by atoms with Gasteiger partial charge < -0.3 is 0 Å². The number of carbonyl (C=O) groups excluding carboxylic acids is 1. The molecule has 0 N–H and O–H groups in total. The Labute approximate surface area is 83.5 Å². The molecule has 0 saturated carbocycles. The second kappa shape index (κ2) is 2.96. The van der Waals surface area contributed by atoms with Crippen LogP contribution in [-0.2, 0) is 0 Å². The van der Waals surface area contributed by atoms with E-state index in [9.17, 15) is 4.79 Å². The molecule has 0 atom stereocenters. The monoisotopic (exact) mass is 238 g/mol. The van der Waals surface area contributed by atoms with Crippen molar-refractivity contribution in [2.45, 2.75) is 6.92 Å². The lowest BCUT2D eigenvalue weighted by Gasteiger charge is -1.99. The number of rotatable bonds is 1. The van der Waals surface area contributed by atoms with E-state index in [-0.39, 0.29) is 5.78 Å². The number of imidazole rings is 1. The van der Waals surface area contributed by atoms with Crippen LogP contribution in [0.15, 0.2) is 29.0 Å². The van der Waals surface area contributed by atoms with Crippen LogP contribution in [0.5, 0.6) is 0 Å². The van der Waals surface area contributed by atoms with Crippen LogP contribution < -0.4 is 0 Å². The van der Waals surface area contributed by atoms with E-state index in [0.717, 1.165) is 10.1 Å². The molecule has 0 amide bonds. The van der Waals surface area contributed by atoms with Gasteiger partial charge in [0.05, 0.1) is 16.3 Å². The Balaban J connectivity index is 2.86. The molecule has 4 heteroatoms. The number of nitrogens with zero attached hydrogens (tertiary/aromatic N) is 2. The zero-order valence-corrected chi connectivity index (χ0v) is 8.58. The van der Waals surface area contributed by atoms with Crippen LogP contribution in [0.1, 0.15) is 17.5 Å². The molecule has 0 aliphatic heterocycles. The van der Waals surface area contributed by atoms with E-state index in [0.29, 0.717) is 5.82 Å². The normalized spacial score (nSPS) is 10.6. The molecule has 0 aliphatic rings. The molecule has 0 saturated heterocycles. The highest BCUT2D eigenvalue weighted by Crippen LogP contribution is 2.15. The Kier molecular flexibility index (Phi) is 1.92. The Bertz CT molecular complexity index is 475. The Hall–Kier alpha value is -1.16. The standard InChI is InChI=1S/C9H7BrN2O/c1-6(13)9-11-5-7-3-2-4-8(10)12(7)9/h2-5H,1H3. The topological polar surface area (TPSA) is 34.4 Å². The number of aromatic nitrogens is 2. The van der Waals surface area contributed by atoms with Crippen molar-refractivity contribution in [2.24, 2.45) is 0 Å². The molecule has 0 aliphatic carbocycles. The molecular weight excluding hydrogens is 232 g/mol.